The van der Waals surface area contributed by atoms with Crippen LogP contribution in [0.5, 0.6) is 5.75 Å². The quantitative estimate of drug-likeness (QED) is 0.675. The van der Waals surface area contributed by atoms with E-state index in [2.05, 4.69) is 0 Å². The van der Waals surface area contributed by atoms with Crippen LogP contribution >= 0.6 is 11.6 Å². The number of carbonyl (C=O) groups is 2. The molecule has 0 fully saturated rings. The van der Waals surface area contributed by atoms with Crippen molar-refractivity contribution in [1.82, 2.24) is 4.90 Å². The number of imide groups is 1. The molecule has 5 nitrogen and oxygen atoms in total. The first-order valence-electron chi connectivity index (χ1n) is 8.06. The van der Waals surface area contributed by atoms with Gasteiger partial charge in [0, 0.05) is 0 Å². The summed E-state index contributed by atoms with van der Waals surface area (Å²) in [6.07, 6.45) is 0.954. The number of ether oxygens (including phenoxy) is 2. The number of rotatable bonds is 8. The van der Waals surface area contributed by atoms with Gasteiger partial charge >= 0.3 is 0 Å². The summed E-state index contributed by atoms with van der Waals surface area (Å²) in [5.41, 5.74) is 0.836. The Hall–Kier alpha value is -1.85. The molecule has 0 spiro atoms. The van der Waals surface area contributed by atoms with Gasteiger partial charge in [0.25, 0.3) is 11.8 Å². The van der Waals surface area contributed by atoms with Gasteiger partial charge in [0.05, 0.1) is 31.4 Å². The van der Waals surface area contributed by atoms with Gasteiger partial charge in [0.2, 0.25) is 0 Å². The van der Waals surface area contributed by atoms with Crippen LogP contribution < -0.4 is 4.74 Å². The summed E-state index contributed by atoms with van der Waals surface area (Å²) < 4.78 is 10.9. The molecule has 130 valence electrons. The highest BCUT2D eigenvalue weighted by atomic mass is 35.5. The van der Waals surface area contributed by atoms with Crippen LogP contribution in [0.2, 0.25) is 0 Å². The Morgan fingerprint density at radius 3 is 2.33 bits per heavy atom. The van der Waals surface area contributed by atoms with Crippen molar-refractivity contribution in [3.8, 4) is 5.75 Å². The highest BCUT2D eigenvalue weighted by molar-refractivity contribution is 6.55. The number of nitrogens with zero attached hydrogens (tertiary/aromatic N) is 1. The molecular formula is C18H22ClNO4. The van der Waals surface area contributed by atoms with Crippen molar-refractivity contribution < 1.29 is 19.1 Å². The van der Waals surface area contributed by atoms with Crippen LogP contribution in [0, 0.1) is 0 Å². The molecule has 24 heavy (non-hydrogen) atoms. The van der Waals surface area contributed by atoms with Gasteiger partial charge in [-0.1, -0.05) is 30.7 Å². The second kappa shape index (κ2) is 8.31. The van der Waals surface area contributed by atoms with Crippen LogP contribution in [0.1, 0.15) is 32.8 Å². The number of halogens is 1. The van der Waals surface area contributed by atoms with E-state index in [-0.39, 0.29) is 35.8 Å². The summed E-state index contributed by atoms with van der Waals surface area (Å²) in [6.45, 7) is 6.92. The van der Waals surface area contributed by atoms with Crippen molar-refractivity contribution in [3.05, 3.63) is 34.9 Å². The fraction of sp³-hybridized carbons (Fsp3) is 0.444. The Balaban J connectivity index is 2.12. The molecule has 0 aromatic heterocycles. The molecule has 0 N–H and O–H groups in total. The van der Waals surface area contributed by atoms with Crippen LogP contribution in [0.15, 0.2) is 29.3 Å². The second-order valence-corrected chi connectivity index (χ2v) is 6.12. The summed E-state index contributed by atoms with van der Waals surface area (Å²) in [5.74, 6) is -0.147. The minimum atomic E-state index is -0.477. The van der Waals surface area contributed by atoms with E-state index in [1.165, 1.54) is 0 Å². The van der Waals surface area contributed by atoms with Crippen LogP contribution in [0.25, 0.3) is 5.57 Å². The highest BCUT2D eigenvalue weighted by Crippen LogP contribution is 2.32. The predicted molar refractivity (Wildman–Crippen MR) is 92.8 cm³/mol. The van der Waals surface area contributed by atoms with Crippen molar-refractivity contribution in [3.63, 3.8) is 0 Å². The Labute approximate surface area is 147 Å². The minimum Gasteiger partial charge on any atom is -0.494 e. The number of carbonyl (C=O) groups excluding carboxylic acids is 2. The van der Waals surface area contributed by atoms with Crippen LogP contribution in [0.3, 0.4) is 0 Å². The second-order valence-electron chi connectivity index (χ2n) is 5.74. The zero-order valence-electron chi connectivity index (χ0n) is 14.2. The van der Waals surface area contributed by atoms with E-state index in [1.54, 1.807) is 24.3 Å². The smallest absolute Gasteiger partial charge is 0.273 e. The molecule has 2 rings (SSSR count). The molecule has 0 bridgehead atoms. The van der Waals surface area contributed by atoms with Gasteiger partial charge in [-0.15, -0.1) is 0 Å². The van der Waals surface area contributed by atoms with E-state index in [1.807, 2.05) is 20.8 Å². The van der Waals surface area contributed by atoms with Crippen molar-refractivity contribution in [2.24, 2.45) is 0 Å². The van der Waals surface area contributed by atoms with Crippen molar-refractivity contribution in [1.29, 1.82) is 0 Å². The van der Waals surface area contributed by atoms with E-state index in [9.17, 15) is 9.59 Å². The molecule has 1 heterocycles. The Kier molecular flexibility index (Phi) is 6.40. The maximum atomic E-state index is 12.5. The number of hydrogen-bond donors (Lipinski definition) is 0. The molecule has 1 aliphatic rings. The largest absolute Gasteiger partial charge is 0.494 e. The number of hydrogen-bond acceptors (Lipinski definition) is 4. The summed E-state index contributed by atoms with van der Waals surface area (Å²) >= 11 is 6.11. The zero-order valence-corrected chi connectivity index (χ0v) is 14.9. The van der Waals surface area contributed by atoms with E-state index in [4.69, 9.17) is 21.1 Å². The maximum absolute atomic E-state index is 12.5. The number of amides is 2. The Bertz CT molecular complexity index is 637. The lowest BCUT2D eigenvalue weighted by atomic mass is 10.1. The third-order valence-electron chi connectivity index (χ3n) is 3.49. The first-order chi connectivity index (χ1) is 11.5. The van der Waals surface area contributed by atoms with Gasteiger partial charge in [-0.2, -0.15) is 0 Å². The summed E-state index contributed by atoms with van der Waals surface area (Å²) in [5, 5.41) is -0.0493. The molecule has 2 amide bonds. The highest BCUT2D eigenvalue weighted by Gasteiger charge is 2.37. The lowest BCUT2D eigenvalue weighted by molar-refractivity contribution is -0.137. The predicted octanol–water partition coefficient (Wildman–Crippen LogP) is 3.22. The van der Waals surface area contributed by atoms with E-state index >= 15 is 0 Å². The molecular weight excluding hydrogens is 330 g/mol. The fourth-order valence-electron chi connectivity index (χ4n) is 2.32. The normalized spacial score (nSPS) is 15.0. The molecule has 1 aromatic carbocycles. The minimum absolute atomic E-state index is 0.0383. The van der Waals surface area contributed by atoms with Crippen molar-refractivity contribution in [2.75, 3.05) is 19.8 Å². The van der Waals surface area contributed by atoms with E-state index in [0.717, 1.165) is 17.1 Å². The first kappa shape index (κ1) is 18.5. The van der Waals surface area contributed by atoms with Crippen LogP contribution in [0.4, 0.5) is 0 Å². The Morgan fingerprint density at radius 1 is 1.08 bits per heavy atom. The SMILES string of the molecule is CCCOc1ccc(C2=C(Cl)C(=O)N(CCOC(C)C)C2=O)cc1. The number of benzene rings is 1. The molecule has 0 saturated carbocycles. The maximum Gasteiger partial charge on any atom is 0.273 e. The monoisotopic (exact) mass is 351 g/mol. The first-order valence-corrected chi connectivity index (χ1v) is 8.44. The van der Waals surface area contributed by atoms with E-state index < -0.39 is 5.91 Å². The van der Waals surface area contributed by atoms with Gasteiger partial charge in [0.15, 0.2) is 0 Å². The van der Waals surface area contributed by atoms with Crippen molar-refractivity contribution >= 4 is 29.0 Å². The zero-order chi connectivity index (χ0) is 17.7. The molecule has 0 unspecified atom stereocenters. The fourth-order valence-corrected chi connectivity index (χ4v) is 2.61. The third-order valence-corrected chi connectivity index (χ3v) is 3.84. The molecule has 6 heteroatoms. The van der Waals surface area contributed by atoms with Gasteiger partial charge in [-0.05, 0) is 38.0 Å². The van der Waals surface area contributed by atoms with Gasteiger partial charge in [0.1, 0.15) is 10.8 Å². The molecule has 0 saturated heterocycles. The van der Waals surface area contributed by atoms with Gasteiger partial charge in [-0.25, -0.2) is 0 Å². The molecule has 1 aliphatic heterocycles. The molecule has 1 aromatic rings. The molecule has 0 aliphatic carbocycles. The lowest BCUT2D eigenvalue weighted by Crippen LogP contribution is -2.34. The topological polar surface area (TPSA) is 55.8 Å². The Morgan fingerprint density at radius 2 is 1.75 bits per heavy atom. The third kappa shape index (κ3) is 4.16. The van der Waals surface area contributed by atoms with Crippen LogP contribution in [-0.4, -0.2) is 42.6 Å². The summed E-state index contributed by atoms with van der Waals surface area (Å²) in [4.78, 5) is 25.9. The van der Waals surface area contributed by atoms with Gasteiger partial charge < -0.3 is 9.47 Å². The van der Waals surface area contributed by atoms with E-state index in [0.29, 0.717) is 12.2 Å². The van der Waals surface area contributed by atoms with Gasteiger partial charge in [-0.3, -0.25) is 14.5 Å². The molecule has 0 radical (unpaired) electrons. The summed E-state index contributed by atoms with van der Waals surface area (Å²) in [6, 6.07) is 7.01. The molecule has 0 atom stereocenters. The average Bonchev–Trinajstić information content (AvgIpc) is 2.77. The summed E-state index contributed by atoms with van der Waals surface area (Å²) in [7, 11) is 0. The van der Waals surface area contributed by atoms with Crippen molar-refractivity contribution in [2.45, 2.75) is 33.3 Å². The lowest BCUT2D eigenvalue weighted by Gasteiger charge is -2.16. The van der Waals surface area contributed by atoms with Crippen LogP contribution in [-0.2, 0) is 14.3 Å². The average molecular weight is 352 g/mol. The standard InChI is InChI=1S/C18H22ClNO4/c1-4-10-24-14-7-5-13(6-8-14)15-16(19)18(22)20(17(15)21)9-11-23-12(2)3/h5-8,12H,4,9-11H2,1-3H3.